The smallest absolute Gasteiger partial charge is 0.263 e. The second kappa shape index (κ2) is 10.6. The molecule has 202 valence electrons. The number of hydrogen-bond acceptors (Lipinski definition) is 6. The van der Waals surface area contributed by atoms with Crippen LogP contribution in [0.3, 0.4) is 0 Å². The minimum atomic E-state index is -2.65. The van der Waals surface area contributed by atoms with Crippen LogP contribution in [0.1, 0.15) is 47.8 Å². The summed E-state index contributed by atoms with van der Waals surface area (Å²) >= 11 is 0. The van der Waals surface area contributed by atoms with Crippen molar-refractivity contribution in [2.45, 2.75) is 39.2 Å². The fraction of sp³-hybridized carbons (Fsp3) is 0.481. The molecule has 0 radical (unpaired) electrons. The van der Waals surface area contributed by atoms with Gasteiger partial charge in [-0.3, -0.25) is 9.59 Å². The summed E-state index contributed by atoms with van der Waals surface area (Å²) < 4.78 is 38.1. The molecule has 2 aromatic heterocycles. The van der Waals surface area contributed by atoms with Crippen molar-refractivity contribution in [3.63, 3.8) is 0 Å². The van der Waals surface area contributed by atoms with Crippen molar-refractivity contribution in [2.75, 3.05) is 33.4 Å². The third kappa shape index (κ3) is 5.20. The van der Waals surface area contributed by atoms with Crippen LogP contribution in [0.15, 0.2) is 24.5 Å². The number of nitrogens with zero attached hydrogens (tertiary/aromatic N) is 3. The highest BCUT2D eigenvalue weighted by molar-refractivity contribution is 6.09. The Kier molecular flexibility index (Phi) is 7.29. The van der Waals surface area contributed by atoms with Gasteiger partial charge in [-0.05, 0) is 49.8 Å². The van der Waals surface area contributed by atoms with Crippen LogP contribution in [0.2, 0.25) is 0 Å². The minimum absolute atomic E-state index is 0.00619. The Morgan fingerprint density at radius 2 is 2.03 bits per heavy atom. The van der Waals surface area contributed by atoms with Crippen LogP contribution in [-0.4, -0.2) is 71.1 Å². The molecule has 0 unspecified atom stereocenters. The molecule has 0 bridgehead atoms. The lowest BCUT2D eigenvalue weighted by Crippen LogP contribution is -2.41. The van der Waals surface area contributed by atoms with Crippen LogP contribution in [0.4, 0.5) is 8.78 Å². The summed E-state index contributed by atoms with van der Waals surface area (Å²) in [7, 11) is 1.47. The van der Waals surface area contributed by atoms with E-state index in [1.54, 1.807) is 17.9 Å². The number of benzene rings is 1. The van der Waals surface area contributed by atoms with Crippen LogP contribution in [0, 0.1) is 18.8 Å². The number of hydrogen-bond donors (Lipinski definition) is 2. The Bertz CT molecular complexity index is 1360. The van der Waals surface area contributed by atoms with Gasteiger partial charge >= 0.3 is 0 Å². The molecular formula is C27H31F2N5O4. The van der Waals surface area contributed by atoms with Crippen molar-refractivity contribution in [3.8, 4) is 17.0 Å². The molecule has 9 nitrogen and oxygen atoms in total. The molecule has 38 heavy (non-hydrogen) atoms. The van der Waals surface area contributed by atoms with Gasteiger partial charge in [0.1, 0.15) is 29.9 Å². The molecule has 2 fully saturated rings. The molecule has 1 saturated heterocycles. The molecule has 1 aromatic carbocycles. The normalized spacial score (nSPS) is 19.4. The lowest BCUT2D eigenvalue weighted by atomic mass is 10.0. The monoisotopic (exact) mass is 527 g/mol. The first kappa shape index (κ1) is 26.0. The fourth-order valence-corrected chi connectivity index (χ4v) is 4.90. The largest absolute Gasteiger partial charge is 0.493 e. The zero-order valence-corrected chi connectivity index (χ0v) is 21.6. The van der Waals surface area contributed by atoms with E-state index in [1.807, 2.05) is 6.92 Å². The van der Waals surface area contributed by atoms with Crippen molar-refractivity contribution in [3.05, 3.63) is 41.3 Å². The number of fused-ring (bicyclic) bond motifs is 1. The second-order valence-corrected chi connectivity index (χ2v) is 10.2. The SMILES string of the molecule is COCC(=O)N1C[C@@H](C)[C@H](NC(=O)c2c(C)[nH]c3c(-c4cc(C(F)F)ccc4OCC4CC4)ncnc23)C1. The highest BCUT2D eigenvalue weighted by Gasteiger charge is 2.34. The predicted octanol–water partition coefficient (Wildman–Crippen LogP) is 3.88. The standard InChI is InChI=1S/C27H31F2N5O4/c1-14-9-34(21(35)12-37-3)10-19(14)33-27(36)22-15(2)32-25-23(30-13-31-24(22)25)18-8-17(26(28)29)6-7-20(18)38-11-16-4-5-16/h6-8,13-14,16,19,26,32H,4-5,9-12H2,1-3H3,(H,33,36)/t14-,19-/m1/s1. The number of carbonyl (C=O) groups excluding carboxylic acids is 2. The number of aromatic nitrogens is 3. The maximum absolute atomic E-state index is 13.6. The van der Waals surface area contributed by atoms with Crippen LogP contribution < -0.4 is 10.1 Å². The third-order valence-electron chi connectivity index (χ3n) is 7.23. The minimum Gasteiger partial charge on any atom is -0.493 e. The highest BCUT2D eigenvalue weighted by atomic mass is 19.3. The van der Waals surface area contributed by atoms with E-state index in [2.05, 4.69) is 20.3 Å². The Labute approximate surface area is 218 Å². The fourth-order valence-electron chi connectivity index (χ4n) is 4.90. The summed E-state index contributed by atoms with van der Waals surface area (Å²) in [6.45, 7) is 5.15. The number of ether oxygens (including phenoxy) is 2. The van der Waals surface area contributed by atoms with E-state index in [9.17, 15) is 18.4 Å². The molecule has 2 atom stereocenters. The maximum atomic E-state index is 13.6. The van der Waals surface area contributed by atoms with Crippen molar-refractivity contribution >= 4 is 22.8 Å². The quantitative estimate of drug-likeness (QED) is 0.437. The van der Waals surface area contributed by atoms with E-state index in [0.29, 0.717) is 64.9 Å². The highest BCUT2D eigenvalue weighted by Crippen LogP contribution is 2.38. The second-order valence-electron chi connectivity index (χ2n) is 10.2. The summed E-state index contributed by atoms with van der Waals surface area (Å²) in [5.74, 6) is 0.536. The van der Waals surface area contributed by atoms with E-state index in [0.717, 1.165) is 12.8 Å². The van der Waals surface area contributed by atoms with Gasteiger partial charge in [0.25, 0.3) is 12.3 Å². The van der Waals surface area contributed by atoms with E-state index >= 15 is 0 Å². The summed E-state index contributed by atoms with van der Waals surface area (Å²) in [5.41, 5.74) is 2.43. The zero-order chi connectivity index (χ0) is 27.0. The van der Waals surface area contributed by atoms with Gasteiger partial charge in [0.15, 0.2) is 0 Å². The van der Waals surface area contributed by atoms with E-state index in [4.69, 9.17) is 9.47 Å². The van der Waals surface area contributed by atoms with Crippen molar-refractivity contribution in [1.82, 2.24) is 25.2 Å². The number of nitrogens with one attached hydrogen (secondary N) is 2. The van der Waals surface area contributed by atoms with Gasteiger partial charge in [-0.25, -0.2) is 18.7 Å². The van der Waals surface area contributed by atoms with E-state index in [1.165, 1.54) is 25.6 Å². The van der Waals surface area contributed by atoms with Gasteiger partial charge in [0.05, 0.1) is 23.7 Å². The Morgan fingerprint density at radius 1 is 1.24 bits per heavy atom. The molecule has 2 amide bonds. The molecule has 5 rings (SSSR count). The molecule has 1 saturated carbocycles. The maximum Gasteiger partial charge on any atom is 0.263 e. The number of methoxy groups -OCH3 is 1. The molecule has 1 aliphatic heterocycles. The van der Waals surface area contributed by atoms with Crippen LogP contribution >= 0.6 is 0 Å². The first-order valence-electron chi connectivity index (χ1n) is 12.7. The topological polar surface area (TPSA) is 109 Å². The predicted molar refractivity (Wildman–Crippen MR) is 136 cm³/mol. The van der Waals surface area contributed by atoms with Gasteiger partial charge in [-0.15, -0.1) is 0 Å². The number of halogens is 2. The summed E-state index contributed by atoms with van der Waals surface area (Å²) in [5, 5.41) is 3.05. The molecular weight excluding hydrogens is 496 g/mol. The van der Waals surface area contributed by atoms with Crippen LogP contribution in [-0.2, 0) is 9.53 Å². The lowest BCUT2D eigenvalue weighted by Gasteiger charge is -2.17. The third-order valence-corrected chi connectivity index (χ3v) is 7.23. The summed E-state index contributed by atoms with van der Waals surface area (Å²) in [6.07, 6.45) is 0.854. The van der Waals surface area contributed by atoms with Gasteiger partial charge in [-0.1, -0.05) is 6.92 Å². The number of H-pyrrole nitrogens is 1. The van der Waals surface area contributed by atoms with Gasteiger partial charge in [-0.2, -0.15) is 0 Å². The summed E-state index contributed by atoms with van der Waals surface area (Å²) in [4.78, 5) is 39.3. The zero-order valence-electron chi connectivity index (χ0n) is 21.6. The average Bonchev–Trinajstić information content (AvgIpc) is 3.56. The lowest BCUT2D eigenvalue weighted by molar-refractivity contribution is -0.134. The van der Waals surface area contributed by atoms with Crippen molar-refractivity contribution in [2.24, 2.45) is 11.8 Å². The van der Waals surface area contributed by atoms with Gasteiger partial charge in [0.2, 0.25) is 5.91 Å². The first-order valence-corrected chi connectivity index (χ1v) is 12.7. The Morgan fingerprint density at radius 3 is 2.74 bits per heavy atom. The van der Waals surface area contributed by atoms with Crippen LogP contribution in [0.5, 0.6) is 5.75 Å². The van der Waals surface area contributed by atoms with Gasteiger partial charge in [0, 0.05) is 37.0 Å². The van der Waals surface area contributed by atoms with Crippen molar-refractivity contribution < 1.29 is 27.8 Å². The Balaban J connectivity index is 1.46. The molecule has 2 aliphatic rings. The molecule has 1 aliphatic carbocycles. The molecule has 0 spiro atoms. The number of rotatable bonds is 9. The van der Waals surface area contributed by atoms with Crippen molar-refractivity contribution in [1.29, 1.82) is 0 Å². The number of amides is 2. The number of aryl methyl sites for hydroxylation is 1. The molecule has 3 heterocycles. The average molecular weight is 528 g/mol. The molecule has 11 heteroatoms. The number of alkyl halides is 2. The molecule has 3 aromatic rings. The van der Waals surface area contributed by atoms with E-state index in [-0.39, 0.29) is 35.9 Å². The Hall–Kier alpha value is -3.60. The van der Waals surface area contributed by atoms with Gasteiger partial charge < -0.3 is 24.7 Å². The number of carbonyl (C=O) groups is 2. The molecule has 2 N–H and O–H groups in total. The van der Waals surface area contributed by atoms with E-state index < -0.39 is 6.43 Å². The summed E-state index contributed by atoms with van der Waals surface area (Å²) in [6, 6.07) is 4.06. The number of likely N-dealkylation sites (tertiary alicyclic amines) is 1. The van der Waals surface area contributed by atoms with Crippen LogP contribution in [0.25, 0.3) is 22.3 Å². The number of aromatic amines is 1. The first-order chi connectivity index (χ1) is 18.3.